The number of hydrogen-bond donors (Lipinski definition) is 1. The quantitative estimate of drug-likeness (QED) is 0.821. The highest BCUT2D eigenvalue weighted by Gasteiger charge is 2.22. The SMILES string of the molecule is CCOC(=O)c1cn2ccnc2c2c1CCCN2. The molecule has 5 heteroatoms. The molecule has 0 unspecified atom stereocenters. The van der Waals surface area contributed by atoms with Crippen molar-refractivity contribution in [1.29, 1.82) is 0 Å². The maximum atomic E-state index is 12.0. The first-order chi connectivity index (χ1) is 8.81. The van der Waals surface area contributed by atoms with Crippen molar-refractivity contribution < 1.29 is 9.53 Å². The second-order valence-electron chi connectivity index (χ2n) is 4.31. The Morgan fingerprint density at radius 3 is 3.33 bits per heavy atom. The van der Waals surface area contributed by atoms with E-state index in [2.05, 4.69) is 10.3 Å². The molecule has 0 saturated carbocycles. The van der Waals surface area contributed by atoms with Gasteiger partial charge in [0, 0.05) is 25.1 Å². The van der Waals surface area contributed by atoms with E-state index in [9.17, 15) is 4.79 Å². The standard InChI is InChI=1S/C13H15N3O2/c1-2-18-13(17)10-8-16-7-6-15-12(16)11-9(10)4-3-5-14-11/h6-8,14H,2-5H2,1H3. The van der Waals surface area contributed by atoms with Crippen LogP contribution in [0.4, 0.5) is 5.69 Å². The molecule has 0 radical (unpaired) electrons. The average molecular weight is 245 g/mol. The molecule has 0 bridgehead atoms. The van der Waals surface area contributed by atoms with Crippen LogP contribution in [0.2, 0.25) is 0 Å². The fourth-order valence-electron chi connectivity index (χ4n) is 2.41. The molecule has 1 aliphatic rings. The predicted molar refractivity (Wildman–Crippen MR) is 68.0 cm³/mol. The highest BCUT2D eigenvalue weighted by atomic mass is 16.5. The Labute approximate surface area is 105 Å². The Hall–Kier alpha value is -2.04. The van der Waals surface area contributed by atoms with E-state index in [1.54, 1.807) is 6.20 Å². The zero-order valence-corrected chi connectivity index (χ0v) is 10.3. The van der Waals surface area contributed by atoms with E-state index < -0.39 is 0 Å². The number of esters is 1. The minimum atomic E-state index is -0.256. The Morgan fingerprint density at radius 1 is 1.61 bits per heavy atom. The van der Waals surface area contributed by atoms with Crippen molar-refractivity contribution in [3.8, 4) is 0 Å². The van der Waals surface area contributed by atoms with Gasteiger partial charge >= 0.3 is 5.97 Å². The molecule has 94 valence electrons. The van der Waals surface area contributed by atoms with Crippen LogP contribution in [0.1, 0.15) is 29.3 Å². The summed E-state index contributed by atoms with van der Waals surface area (Å²) in [4.78, 5) is 16.3. The fraction of sp³-hybridized carbons (Fsp3) is 0.385. The minimum Gasteiger partial charge on any atom is -0.462 e. The zero-order valence-electron chi connectivity index (χ0n) is 10.3. The summed E-state index contributed by atoms with van der Waals surface area (Å²) in [6, 6.07) is 0. The molecule has 0 atom stereocenters. The second-order valence-corrected chi connectivity index (χ2v) is 4.31. The first-order valence-corrected chi connectivity index (χ1v) is 6.20. The first-order valence-electron chi connectivity index (χ1n) is 6.20. The maximum absolute atomic E-state index is 12.0. The number of carbonyl (C=O) groups is 1. The second kappa shape index (κ2) is 4.33. The summed E-state index contributed by atoms with van der Waals surface area (Å²) in [5, 5.41) is 3.34. The van der Waals surface area contributed by atoms with Gasteiger partial charge in [-0.25, -0.2) is 9.78 Å². The number of carbonyl (C=O) groups excluding carboxylic acids is 1. The fourth-order valence-corrected chi connectivity index (χ4v) is 2.41. The normalized spacial score (nSPS) is 14.1. The van der Waals surface area contributed by atoms with E-state index in [0.717, 1.165) is 36.3 Å². The van der Waals surface area contributed by atoms with Gasteiger partial charge in [0.1, 0.15) is 0 Å². The lowest BCUT2D eigenvalue weighted by atomic mass is 9.99. The predicted octanol–water partition coefficient (Wildman–Crippen LogP) is 1.87. The third-order valence-corrected chi connectivity index (χ3v) is 3.19. The molecule has 0 fully saturated rings. The van der Waals surface area contributed by atoms with Crippen LogP contribution in [0.25, 0.3) is 5.65 Å². The van der Waals surface area contributed by atoms with Crippen LogP contribution < -0.4 is 5.32 Å². The largest absolute Gasteiger partial charge is 0.462 e. The molecular formula is C13H15N3O2. The van der Waals surface area contributed by atoms with E-state index in [1.807, 2.05) is 23.7 Å². The molecule has 2 aromatic heterocycles. The number of hydrogen-bond acceptors (Lipinski definition) is 4. The molecule has 5 nitrogen and oxygen atoms in total. The number of ether oxygens (including phenoxy) is 1. The maximum Gasteiger partial charge on any atom is 0.339 e. The number of rotatable bonds is 2. The van der Waals surface area contributed by atoms with E-state index in [0.29, 0.717) is 12.2 Å². The Balaban J connectivity index is 2.21. The van der Waals surface area contributed by atoms with E-state index in [1.165, 1.54) is 0 Å². The van der Waals surface area contributed by atoms with E-state index in [-0.39, 0.29) is 5.97 Å². The van der Waals surface area contributed by atoms with Crippen LogP contribution in [0.5, 0.6) is 0 Å². The van der Waals surface area contributed by atoms with Gasteiger partial charge in [0.15, 0.2) is 5.65 Å². The summed E-state index contributed by atoms with van der Waals surface area (Å²) in [6.45, 7) is 3.13. The van der Waals surface area contributed by atoms with Crippen molar-refractivity contribution in [2.75, 3.05) is 18.5 Å². The van der Waals surface area contributed by atoms with Gasteiger partial charge in [-0.15, -0.1) is 0 Å². The third kappa shape index (κ3) is 1.63. The minimum absolute atomic E-state index is 0.256. The summed E-state index contributed by atoms with van der Waals surface area (Å²) in [6.07, 6.45) is 7.30. The van der Waals surface area contributed by atoms with Crippen molar-refractivity contribution in [3.05, 3.63) is 29.7 Å². The van der Waals surface area contributed by atoms with Crippen LogP contribution in [0, 0.1) is 0 Å². The van der Waals surface area contributed by atoms with Crippen molar-refractivity contribution in [1.82, 2.24) is 9.38 Å². The van der Waals surface area contributed by atoms with Gasteiger partial charge in [-0.05, 0) is 25.3 Å². The molecule has 0 spiro atoms. The van der Waals surface area contributed by atoms with Crippen LogP contribution in [0.15, 0.2) is 18.6 Å². The topological polar surface area (TPSA) is 55.6 Å². The summed E-state index contributed by atoms with van der Waals surface area (Å²) in [5.74, 6) is -0.256. The Bertz CT molecular complexity index is 604. The van der Waals surface area contributed by atoms with Gasteiger partial charge in [0.2, 0.25) is 0 Å². The third-order valence-electron chi connectivity index (χ3n) is 3.19. The average Bonchev–Trinajstić information content (AvgIpc) is 2.86. The molecule has 1 aliphatic heterocycles. The number of aromatic nitrogens is 2. The number of fused-ring (bicyclic) bond motifs is 3. The molecule has 3 rings (SSSR count). The monoisotopic (exact) mass is 245 g/mol. The van der Waals surface area contributed by atoms with Crippen molar-refractivity contribution in [3.63, 3.8) is 0 Å². The number of pyridine rings is 1. The van der Waals surface area contributed by atoms with E-state index >= 15 is 0 Å². The number of imidazole rings is 1. The van der Waals surface area contributed by atoms with Gasteiger partial charge in [-0.2, -0.15) is 0 Å². The van der Waals surface area contributed by atoms with Crippen LogP contribution in [-0.2, 0) is 11.2 Å². The molecule has 0 saturated heterocycles. The molecule has 3 heterocycles. The number of anilines is 1. The molecule has 0 aromatic carbocycles. The molecule has 2 aromatic rings. The lowest BCUT2D eigenvalue weighted by Crippen LogP contribution is -2.18. The van der Waals surface area contributed by atoms with E-state index in [4.69, 9.17) is 4.74 Å². The summed E-state index contributed by atoms with van der Waals surface area (Å²) in [7, 11) is 0. The van der Waals surface area contributed by atoms with Gasteiger partial charge in [0.05, 0.1) is 17.9 Å². The number of nitrogens with zero attached hydrogens (tertiary/aromatic N) is 2. The smallest absolute Gasteiger partial charge is 0.339 e. The van der Waals surface area contributed by atoms with Crippen molar-refractivity contribution in [2.45, 2.75) is 19.8 Å². The Kier molecular flexibility index (Phi) is 2.66. The van der Waals surface area contributed by atoms with Gasteiger partial charge in [0.25, 0.3) is 0 Å². The van der Waals surface area contributed by atoms with Gasteiger partial charge < -0.3 is 14.5 Å². The number of nitrogens with one attached hydrogen (secondary N) is 1. The molecule has 0 aliphatic carbocycles. The summed E-state index contributed by atoms with van der Waals surface area (Å²) in [5.41, 5.74) is 3.51. The molecular weight excluding hydrogens is 230 g/mol. The molecule has 18 heavy (non-hydrogen) atoms. The van der Waals surface area contributed by atoms with Crippen LogP contribution in [0.3, 0.4) is 0 Å². The van der Waals surface area contributed by atoms with Gasteiger partial charge in [-0.1, -0.05) is 0 Å². The highest BCUT2D eigenvalue weighted by Crippen LogP contribution is 2.29. The lowest BCUT2D eigenvalue weighted by molar-refractivity contribution is 0.0524. The van der Waals surface area contributed by atoms with Crippen LogP contribution in [-0.4, -0.2) is 28.5 Å². The molecule has 0 amide bonds. The summed E-state index contributed by atoms with van der Waals surface area (Å²) < 4.78 is 6.98. The zero-order chi connectivity index (χ0) is 12.5. The lowest BCUT2D eigenvalue weighted by Gasteiger charge is -2.21. The van der Waals surface area contributed by atoms with Crippen molar-refractivity contribution >= 4 is 17.3 Å². The molecule has 1 N–H and O–H groups in total. The van der Waals surface area contributed by atoms with Gasteiger partial charge in [-0.3, -0.25) is 0 Å². The van der Waals surface area contributed by atoms with Crippen LogP contribution >= 0.6 is 0 Å². The summed E-state index contributed by atoms with van der Waals surface area (Å²) >= 11 is 0. The first kappa shape index (κ1) is 11.1. The Morgan fingerprint density at radius 2 is 2.50 bits per heavy atom. The van der Waals surface area contributed by atoms with Crippen molar-refractivity contribution in [2.24, 2.45) is 0 Å². The highest BCUT2D eigenvalue weighted by molar-refractivity contribution is 5.94.